The van der Waals surface area contributed by atoms with Crippen molar-refractivity contribution in [2.75, 3.05) is 32.9 Å². The van der Waals surface area contributed by atoms with Crippen LogP contribution in [0.3, 0.4) is 0 Å². The average Bonchev–Trinajstić information content (AvgIpc) is 2.35. The van der Waals surface area contributed by atoms with Gasteiger partial charge in [0.1, 0.15) is 0 Å². The van der Waals surface area contributed by atoms with E-state index in [1.165, 1.54) is 4.90 Å². The van der Waals surface area contributed by atoms with Crippen LogP contribution in [0.5, 0.6) is 0 Å². The average molecular weight is 248 g/mol. The molecule has 0 aromatic heterocycles. The van der Waals surface area contributed by atoms with Gasteiger partial charge in [0.25, 0.3) is 0 Å². The largest absolute Gasteiger partial charge is 0.479 e. The van der Waals surface area contributed by atoms with E-state index in [0.717, 1.165) is 0 Å². The normalized spacial score (nSPS) is 22.0. The van der Waals surface area contributed by atoms with E-state index in [-0.39, 0.29) is 19.8 Å². The predicted molar refractivity (Wildman–Crippen MR) is 55.4 cm³/mol. The number of aliphatic carboxylic acids is 1. The summed E-state index contributed by atoms with van der Waals surface area (Å²) in [5.41, 5.74) is 0. The van der Waals surface area contributed by atoms with Crippen molar-refractivity contribution >= 4 is 12.0 Å². The minimum Gasteiger partial charge on any atom is -0.479 e. The highest BCUT2D eigenvalue weighted by Gasteiger charge is 2.27. The van der Waals surface area contributed by atoms with Crippen molar-refractivity contribution in [1.29, 1.82) is 0 Å². The Bertz CT molecular complexity index is 285. The topological polar surface area (TPSA) is 119 Å². The number of aliphatic hydroxyl groups excluding tert-OH is 2. The van der Waals surface area contributed by atoms with Crippen molar-refractivity contribution in [3.05, 3.63) is 0 Å². The van der Waals surface area contributed by atoms with Gasteiger partial charge in [0.2, 0.25) is 0 Å². The number of nitrogens with one attached hydrogen (secondary N) is 1. The number of ether oxygens (including phenoxy) is 1. The van der Waals surface area contributed by atoms with Crippen LogP contribution in [0, 0.1) is 0 Å². The highest BCUT2D eigenvalue weighted by molar-refractivity contribution is 5.77. The molecule has 0 saturated carbocycles. The molecule has 0 radical (unpaired) electrons. The van der Waals surface area contributed by atoms with Gasteiger partial charge in [0, 0.05) is 6.54 Å². The van der Waals surface area contributed by atoms with Gasteiger partial charge in [0.05, 0.1) is 32.4 Å². The number of carbonyl (C=O) groups is 2. The Morgan fingerprint density at radius 1 is 1.53 bits per heavy atom. The van der Waals surface area contributed by atoms with E-state index < -0.39 is 24.1 Å². The number of amides is 2. The molecule has 0 aliphatic carbocycles. The molecule has 1 heterocycles. The quantitative estimate of drug-likeness (QED) is 0.449. The summed E-state index contributed by atoms with van der Waals surface area (Å²) >= 11 is 0. The third-order valence-electron chi connectivity index (χ3n) is 2.43. The second-order valence-corrected chi connectivity index (χ2v) is 3.64. The minimum absolute atomic E-state index is 0.227. The molecule has 1 fully saturated rings. The van der Waals surface area contributed by atoms with E-state index in [9.17, 15) is 9.59 Å². The molecule has 1 saturated heterocycles. The van der Waals surface area contributed by atoms with Gasteiger partial charge >= 0.3 is 12.0 Å². The van der Waals surface area contributed by atoms with Gasteiger partial charge < -0.3 is 30.3 Å². The Balaban J connectivity index is 2.42. The SMILES string of the molecule is O=C(O)[C@@H](O)CNC(=O)N1CCOCC1CO. The number of carboxylic acid groups (broad SMARTS) is 1. The number of carbonyl (C=O) groups excluding carboxylic acids is 1. The number of morpholine rings is 1. The molecular formula is C9H16N2O6. The Labute approximate surface area is 97.8 Å². The van der Waals surface area contributed by atoms with Gasteiger partial charge in [-0.3, -0.25) is 0 Å². The molecule has 1 unspecified atom stereocenters. The number of urea groups is 1. The molecule has 17 heavy (non-hydrogen) atoms. The van der Waals surface area contributed by atoms with Crippen LogP contribution < -0.4 is 5.32 Å². The zero-order valence-corrected chi connectivity index (χ0v) is 9.20. The van der Waals surface area contributed by atoms with E-state index in [1.807, 2.05) is 0 Å². The second-order valence-electron chi connectivity index (χ2n) is 3.64. The molecule has 0 aromatic carbocycles. The first-order valence-electron chi connectivity index (χ1n) is 5.20. The number of nitrogens with zero attached hydrogens (tertiary/aromatic N) is 1. The number of hydrogen-bond acceptors (Lipinski definition) is 5. The lowest BCUT2D eigenvalue weighted by Gasteiger charge is -2.34. The summed E-state index contributed by atoms with van der Waals surface area (Å²) in [6.07, 6.45) is -1.63. The fraction of sp³-hybridized carbons (Fsp3) is 0.778. The van der Waals surface area contributed by atoms with E-state index in [1.54, 1.807) is 0 Å². The van der Waals surface area contributed by atoms with Crippen molar-refractivity contribution < 1.29 is 29.6 Å². The molecule has 0 aromatic rings. The number of hydrogen-bond donors (Lipinski definition) is 4. The molecule has 8 nitrogen and oxygen atoms in total. The zero-order chi connectivity index (χ0) is 12.8. The summed E-state index contributed by atoms with van der Waals surface area (Å²) in [6.45, 7) is 0.329. The standard InChI is InChI=1S/C9H16N2O6/c12-4-6-5-17-2-1-11(6)9(16)10-3-7(13)8(14)15/h6-7,12-13H,1-5H2,(H,10,16)(H,14,15)/t6?,7-/m0/s1. The van der Waals surface area contributed by atoms with Crippen molar-refractivity contribution in [3.63, 3.8) is 0 Å². The highest BCUT2D eigenvalue weighted by Crippen LogP contribution is 2.06. The lowest BCUT2D eigenvalue weighted by molar-refractivity contribution is -0.146. The number of aliphatic hydroxyl groups is 2. The van der Waals surface area contributed by atoms with Gasteiger partial charge in [-0.2, -0.15) is 0 Å². The molecule has 1 aliphatic rings. The zero-order valence-electron chi connectivity index (χ0n) is 9.20. The van der Waals surface area contributed by atoms with Crippen LogP contribution >= 0.6 is 0 Å². The van der Waals surface area contributed by atoms with Crippen molar-refractivity contribution in [3.8, 4) is 0 Å². The molecule has 0 spiro atoms. The van der Waals surface area contributed by atoms with Gasteiger partial charge in [0.15, 0.2) is 6.10 Å². The van der Waals surface area contributed by atoms with Gasteiger partial charge in [-0.1, -0.05) is 0 Å². The monoisotopic (exact) mass is 248 g/mol. The summed E-state index contributed by atoms with van der Waals surface area (Å²) in [7, 11) is 0. The number of rotatable bonds is 4. The molecular weight excluding hydrogens is 232 g/mol. The molecule has 0 bridgehead atoms. The Morgan fingerprint density at radius 3 is 2.82 bits per heavy atom. The predicted octanol–water partition coefficient (Wildman–Crippen LogP) is -2.17. The summed E-state index contributed by atoms with van der Waals surface area (Å²) in [6, 6.07) is -0.960. The van der Waals surface area contributed by atoms with Gasteiger partial charge in [-0.05, 0) is 0 Å². The molecule has 8 heteroatoms. The minimum atomic E-state index is -1.63. The molecule has 2 atom stereocenters. The maximum absolute atomic E-state index is 11.6. The van der Waals surface area contributed by atoms with E-state index in [2.05, 4.69) is 5.32 Å². The third-order valence-corrected chi connectivity index (χ3v) is 2.43. The Morgan fingerprint density at radius 2 is 2.24 bits per heavy atom. The smallest absolute Gasteiger partial charge is 0.334 e. The summed E-state index contributed by atoms with van der Waals surface area (Å²) in [5, 5.41) is 28.7. The second kappa shape index (κ2) is 6.38. The van der Waals surface area contributed by atoms with Crippen LogP contribution in [0.25, 0.3) is 0 Å². The van der Waals surface area contributed by atoms with Crippen LogP contribution in [-0.2, 0) is 9.53 Å². The first kappa shape index (κ1) is 13.7. The maximum Gasteiger partial charge on any atom is 0.334 e. The molecule has 1 rings (SSSR count). The Kier molecular flexibility index (Phi) is 5.13. The fourth-order valence-electron chi connectivity index (χ4n) is 1.45. The first-order chi connectivity index (χ1) is 8.06. The molecule has 98 valence electrons. The van der Waals surface area contributed by atoms with Crippen LogP contribution in [0.4, 0.5) is 4.79 Å². The fourth-order valence-corrected chi connectivity index (χ4v) is 1.45. The van der Waals surface area contributed by atoms with Gasteiger partial charge in [-0.25, -0.2) is 9.59 Å². The lowest BCUT2D eigenvalue weighted by atomic mass is 10.2. The van der Waals surface area contributed by atoms with Crippen LogP contribution in [0.2, 0.25) is 0 Å². The van der Waals surface area contributed by atoms with E-state index in [4.69, 9.17) is 20.1 Å². The van der Waals surface area contributed by atoms with E-state index >= 15 is 0 Å². The Hall–Kier alpha value is -1.38. The van der Waals surface area contributed by atoms with Crippen molar-refractivity contribution in [1.82, 2.24) is 10.2 Å². The van der Waals surface area contributed by atoms with Gasteiger partial charge in [-0.15, -0.1) is 0 Å². The number of carboxylic acids is 1. The molecule has 2 amide bonds. The maximum atomic E-state index is 11.6. The van der Waals surface area contributed by atoms with Crippen molar-refractivity contribution in [2.45, 2.75) is 12.1 Å². The summed E-state index contributed by atoms with van der Waals surface area (Å²) in [5.74, 6) is -1.40. The van der Waals surface area contributed by atoms with Crippen LogP contribution in [0.1, 0.15) is 0 Å². The summed E-state index contributed by atoms with van der Waals surface area (Å²) < 4.78 is 5.09. The summed E-state index contributed by atoms with van der Waals surface area (Å²) in [4.78, 5) is 23.3. The first-order valence-corrected chi connectivity index (χ1v) is 5.20. The third kappa shape index (κ3) is 3.84. The van der Waals surface area contributed by atoms with E-state index in [0.29, 0.717) is 13.2 Å². The highest BCUT2D eigenvalue weighted by atomic mass is 16.5. The van der Waals surface area contributed by atoms with Crippen LogP contribution in [-0.4, -0.2) is 77.3 Å². The lowest BCUT2D eigenvalue weighted by Crippen LogP contribution is -2.55. The molecule has 1 aliphatic heterocycles. The van der Waals surface area contributed by atoms with Crippen LogP contribution in [0.15, 0.2) is 0 Å². The van der Waals surface area contributed by atoms with Crippen molar-refractivity contribution in [2.24, 2.45) is 0 Å². The molecule has 4 N–H and O–H groups in total.